The summed E-state index contributed by atoms with van der Waals surface area (Å²) < 4.78 is 0. The lowest BCUT2D eigenvalue weighted by atomic mass is 10.2. The Hall–Kier alpha value is -0.550. The standard InChI is InChI=1S/C11H17N3S2/c1-3-4-9-6-13-11(16-9)14-7-10-12-5-8(2)15-10/h5,9H,3-4,6-7H2,1-2H3,(H,13,14). The fraction of sp³-hybridized carbons (Fsp3) is 0.636. The summed E-state index contributed by atoms with van der Waals surface area (Å²) in [5, 5.41) is 6.27. The van der Waals surface area contributed by atoms with Crippen LogP contribution < -0.4 is 5.32 Å². The van der Waals surface area contributed by atoms with Gasteiger partial charge in [0.05, 0.1) is 13.1 Å². The van der Waals surface area contributed by atoms with Crippen LogP contribution in [-0.2, 0) is 6.54 Å². The second-order valence-corrected chi connectivity index (χ2v) is 6.50. The zero-order chi connectivity index (χ0) is 11.4. The molecule has 0 aromatic carbocycles. The van der Waals surface area contributed by atoms with E-state index in [9.17, 15) is 0 Å². The molecule has 5 heteroatoms. The third kappa shape index (κ3) is 3.22. The number of nitrogens with one attached hydrogen (secondary N) is 1. The van der Waals surface area contributed by atoms with Crippen LogP contribution in [-0.4, -0.2) is 21.9 Å². The number of hydrogen-bond acceptors (Lipinski definition) is 5. The molecule has 0 saturated heterocycles. The predicted molar refractivity (Wildman–Crippen MR) is 72.3 cm³/mol. The summed E-state index contributed by atoms with van der Waals surface area (Å²) in [5.41, 5.74) is 0. The summed E-state index contributed by atoms with van der Waals surface area (Å²) in [6, 6.07) is 0. The van der Waals surface area contributed by atoms with Crippen LogP contribution in [0.25, 0.3) is 0 Å². The van der Waals surface area contributed by atoms with E-state index in [2.05, 4.69) is 29.1 Å². The van der Waals surface area contributed by atoms with Crippen molar-refractivity contribution >= 4 is 28.3 Å². The Labute approximate surface area is 105 Å². The van der Waals surface area contributed by atoms with E-state index in [0.717, 1.165) is 23.3 Å². The minimum atomic E-state index is 0.686. The predicted octanol–water partition coefficient (Wildman–Crippen LogP) is 2.81. The van der Waals surface area contributed by atoms with Gasteiger partial charge in [-0.1, -0.05) is 25.1 Å². The Bertz CT molecular complexity index is 373. The van der Waals surface area contributed by atoms with Crippen molar-refractivity contribution in [3.05, 3.63) is 16.1 Å². The highest BCUT2D eigenvalue weighted by atomic mass is 32.2. The minimum Gasteiger partial charge on any atom is -0.358 e. The van der Waals surface area contributed by atoms with E-state index in [4.69, 9.17) is 0 Å². The van der Waals surface area contributed by atoms with Gasteiger partial charge < -0.3 is 5.32 Å². The van der Waals surface area contributed by atoms with Gasteiger partial charge in [-0.2, -0.15) is 0 Å². The number of aryl methyl sites for hydroxylation is 1. The van der Waals surface area contributed by atoms with E-state index in [1.807, 2.05) is 18.0 Å². The average Bonchev–Trinajstić information content (AvgIpc) is 2.85. The zero-order valence-corrected chi connectivity index (χ0v) is 11.3. The molecule has 88 valence electrons. The molecule has 0 fully saturated rings. The molecule has 1 aromatic heterocycles. The maximum atomic E-state index is 4.50. The Morgan fingerprint density at radius 1 is 1.56 bits per heavy atom. The van der Waals surface area contributed by atoms with Crippen molar-refractivity contribution in [3.63, 3.8) is 0 Å². The molecule has 0 aliphatic carbocycles. The summed E-state index contributed by atoms with van der Waals surface area (Å²) in [6.45, 7) is 6.09. The lowest BCUT2D eigenvalue weighted by Crippen LogP contribution is -2.18. The molecule has 1 unspecified atom stereocenters. The van der Waals surface area contributed by atoms with Gasteiger partial charge in [0.1, 0.15) is 5.01 Å². The van der Waals surface area contributed by atoms with E-state index in [0.29, 0.717) is 5.25 Å². The summed E-state index contributed by atoms with van der Waals surface area (Å²) in [7, 11) is 0. The third-order valence-electron chi connectivity index (χ3n) is 2.39. The number of hydrogen-bond donors (Lipinski definition) is 1. The molecule has 1 N–H and O–H groups in total. The molecule has 1 aliphatic rings. The first-order valence-corrected chi connectivity index (χ1v) is 7.34. The van der Waals surface area contributed by atoms with Gasteiger partial charge in [0.25, 0.3) is 0 Å². The van der Waals surface area contributed by atoms with E-state index in [1.54, 1.807) is 11.3 Å². The fourth-order valence-electron chi connectivity index (χ4n) is 1.62. The maximum absolute atomic E-state index is 4.50. The van der Waals surface area contributed by atoms with Crippen molar-refractivity contribution in [3.8, 4) is 0 Å². The van der Waals surface area contributed by atoms with Crippen molar-refractivity contribution in [2.75, 3.05) is 6.54 Å². The van der Waals surface area contributed by atoms with Crippen LogP contribution in [0.4, 0.5) is 0 Å². The Kier molecular flexibility index (Phi) is 4.23. The highest BCUT2D eigenvalue weighted by molar-refractivity contribution is 8.14. The van der Waals surface area contributed by atoms with Crippen molar-refractivity contribution in [1.82, 2.24) is 10.3 Å². The van der Waals surface area contributed by atoms with Crippen molar-refractivity contribution < 1.29 is 0 Å². The molecular weight excluding hydrogens is 238 g/mol. The van der Waals surface area contributed by atoms with Crippen LogP contribution in [0.3, 0.4) is 0 Å². The average molecular weight is 255 g/mol. The van der Waals surface area contributed by atoms with Gasteiger partial charge in [-0.15, -0.1) is 11.3 Å². The molecule has 1 aromatic rings. The molecule has 0 spiro atoms. The highest BCUT2D eigenvalue weighted by Gasteiger charge is 2.18. The third-order valence-corrected chi connectivity index (χ3v) is 4.52. The van der Waals surface area contributed by atoms with E-state index in [-0.39, 0.29) is 0 Å². The second-order valence-electron chi connectivity index (χ2n) is 3.89. The van der Waals surface area contributed by atoms with E-state index >= 15 is 0 Å². The molecule has 1 atom stereocenters. The molecule has 0 radical (unpaired) electrons. The van der Waals surface area contributed by atoms with E-state index in [1.165, 1.54) is 17.7 Å². The zero-order valence-electron chi connectivity index (χ0n) is 9.69. The quantitative estimate of drug-likeness (QED) is 0.899. The van der Waals surface area contributed by atoms with Crippen LogP contribution >= 0.6 is 23.1 Å². The SMILES string of the molecule is CCCC1CN=C(NCc2ncc(C)s2)S1. The number of nitrogens with zero attached hydrogens (tertiary/aromatic N) is 2. The molecular formula is C11H17N3S2. The van der Waals surface area contributed by atoms with E-state index < -0.39 is 0 Å². The number of rotatable bonds is 4. The summed E-state index contributed by atoms with van der Waals surface area (Å²) in [6.07, 6.45) is 4.42. The molecule has 2 rings (SSSR count). The summed E-state index contributed by atoms with van der Waals surface area (Å²) in [5.74, 6) is 0. The van der Waals surface area contributed by atoms with Crippen LogP contribution in [0.15, 0.2) is 11.2 Å². The van der Waals surface area contributed by atoms with Gasteiger partial charge in [0.2, 0.25) is 0 Å². The first-order chi connectivity index (χ1) is 7.78. The molecule has 0 amide bonds. The van der Waals surface area contributed by atoms with Gasteiger partial charge in [-0.3, -0.25) is 4.99 Å². The van der Waals surface area contributed by atoms with Crippen LogP contribution in [0, 0.1) is 6.92 Å². The Balaban J connectivity index is 1.75. The lowest BCUT2D eigenvalue weighted by molar-refractivity contribution is 0.753. The second kappa shape index (κ2) is 5.68. The van der Waals surface area contributed by atoms with Crippen molar-refractivity contribution in [1.29, 1.82) is 0 Å². The number of thiazole rings is 1. The number of thioether (sulfide) groups is 1. The van der Waals surface area contributed by atoms with Crippen LogP contribution in [0.5, 0.6) is 0 Å². The monoisotopic (exact) mass is 255 g/mol. The first-order valence-electron chi connectivity index (χ1n) is 5.64. The van der Waals surface area contributed by atoms with Gasteiger partial charge in [0.15, 0.2) is 5.17 Å². The van der Waals surface area contributed by atoms with Gasteiger partial charge in [-0.05, 0) is 13.3 Å². The van der Waals surface area contributed by atoms with Gasteiger partial charge >= 0.3 is 0 Å². The van der Waals surface area contributed by atoms with Crippen LogP contribution in [0.1, 0.15) is 29.7 Å². The Morgan fingerprint density at radius 3 is 3.12 bits per heavy atom. The maximum Gasteiger partial charge on any atom is 0.157 e. The Morgan fingerprint density at radius 2 is 2.44 bits per heavy atom. The molecule has 2 heterocycles. The molecule has 0 saturated carbocycles. The fourth-order valence-corrected chi connectivity index (χ4v) is 3.47. The van der Waals surface area contributed by atoms with Gasteiger partial charge in [0, 0.05) is 16.3 Å². The largest absolute Gasteiger partial charge is 0.358 e. The highest BCUT2D eigenvalue weighted by Crippen LogP contribution is 2.23. The topological polar surface area (TPSA) is 37.3 Å². The number of amidine groups is 1. The van der Waals surface area contributed by atoms with Crippen molar-refractivity contribution in [2.45, 2.75) is 38.5 Å². The molecule has 3 nitrogen and oxygen atoms in total. The van der Waals surface area contributed by atoms with Crippen molar-refractivity contribution in [2.24, 2.45) is 4.99 Å². The molecule has 16 heavy (non-hydrogen) atoms. The minimum absolute atomic E-state index is 0.686. The number of aromatic nitrogens is 1. The van der Waals surface area contributed by atoms with Gasteiger partial charge in [-0.25, -0.2) is 4.98 Å². The number of aliphatic imine (C=N–C) groups is 1. The molecule has 1 aliphatic heterocycles. The first kappa shape index (κ1) is 11.9. The summed E-state index contributed by atoms with van der Waals surface area (Å²) >= 11 is 3.62. The summed E-state index contributed by atoms with van der Waals surface area (Å²) in [4.78, 5) is 10.1. The smallest absolute Gasteiger partial charge is 0.157 e. The lowest BCUT2D eigenvalue weighted by Gasteiger charge is -2.06. The van der Waals surface area contributed by atoms with Crippen LogP contribution in [0.2, 0.25) is 0 Å². The molecule has 0 bridgehead atoms. The normalized spacial score (nSPS) is 19.9.